The summed E-state index contributed by atoms with van der Waals surface area (Å²) in [7, 11) is 0. The number of carbonyl (C=O) groups excluding carboxylic acids is 1. The van der Waals surface area contributed by atoms with Crippen LogP contribution in [0.3, 0.4) is 0 Å². The van der Waals surface area contributed by atoms with Crippen LogP contribution in [0.25, 0.3) is 0 Å². The summed E-state index contributed by atoms with van der Waals surface area (Å²) >= 11 is 17.1. The number of halogens is 2. The molecule has 2 aromatic rings. The lowest BCUT2D eigenvalue weighted by molar-refractivity contribution is -0.384. The lowest BCUT2D eigenvalue weighted by Crippen LogP contribution is -2.36. The highest BCUT2D eigenvalue weighted by Crippen LogP contribution is 2.31. The number of thiocarbonyl (C=S) groups is 1. The van der Waals surface area contributed by atoms with Crippen molar-refractivity contribution in [3.05, 3.63) is 62.1 Å². The van der Waals surface area contributed by atoms with Gasteiger partial charge in [-0.2, -0.15) is 0 Å². The van der Waals surface area contributed by atoms with Gasteiger partial charge in [-0.1, -0.05) is 29.3 Å². The first kappa shape index (κ1) is 21.3. The van der Waals surface area contributed by atoms with Gasteiger partial charge in [0.15, 0.2) is 5.11 Å². The van der Waals surface area contributed by atoms with Crippen LogP contribution >= 0.6 is 35.4 Å². The molecule has 0 atom stereocenters. The van der Waals surface area contributed by atoms with E-state index in [4.69, 9.17) is 40.2 Å². The van der Waals surface area contributed by atoms with Gasteiger partial charge in [0, 0.05) is 24.8 Å². The fraction of sp³-hybridized carbons (Fsp3) is 0.222. The van der Waals surface area contributed by atoms with Gasteiger partial charge in [0.2, 0.25) is 0 Å². The predicted octanol–water partition coefficient (Wildman–Crippen LogP) is 3.87. The summed E-state index contributed by atoms with van der Waals surface area (Å²) in [5.41, 5.74) is 0.974. The minimum atomic E-state index is -0.547. The van der Waals surface area contributed by atoms with Crippen molar-refractivity contribution in [3.8, 4) is 0 Å². The second kappa shape index (κ2) is 9.36. The summed E-state index contributed by atoms with van der Waals surface area (Å²) in [5, 5.41) is 17.1. The van der Waals surface area contributed by atoms with E-state index in [0.29, 0.717) is 37.7 Å². The van der Waals surface area contributed by atoms with Crippen molar-refractivity contribution in [2.75, 3.05) is 36.5 Å². The van der Waals surface area contributed by atoms with Crippen molar-refractivity contribution in [1.29, 1.82) is 0 Å². The molecule has 0 spiro atoms. The molecule has 29 heavy (non-hydrogen) atoms. The molecule has 1 saturated heterocycles. The zero-order chi connectivity index (χ0) is 21.0. The van der Waals surface area contributed by atoms with Crippen molar-refractivity contribution >= 4 is 63.5 Å². The first-order valence-corrected chi connectivity index (χ1v) is 9.70. The smallest absolute Gasteiger partial charge is 0.294 e. The summed E-state index contributed by atoms with van der Waals surface area (Å²) in [6, 6.07) is 9.33. The van der Waals surface area contributed by atoms with Crippen LogP contribution in [0, 0.1) is 10.1 Å². The Hall–Kier alpha value is -2.46. The number of nitro groups is 1. The summed E-state index contributed by atoms with van der Waals surface area (Å²) in [6.45, 7) is 2.17. The fourth-order valence-corrected chi connectivity index (χ4v) is 3.43. The Balaban J connectivity index is 1.73. The Kier molecular flexibility index (Phi) is 6.86. The standard InChI is InChI=1S/C18H16Cl2N4O4S/c19-13-3-1-2-12(16(13)20)17(25)22-18(29)21-11-4-5-14(15(10-11)24(26)27)23-6-8-28-9-7-23/h1-5,10H,6-9H2,(H2,21,22,25,29). The lowest BCUT2D eigenvalue weighted by Gasteiger charge is -2.28. The molecule has 1 fully saturated rings. The summed E-state index contributed by atoms with van der Waals surface area (Å²) < 4.78 is 5.29. The van der Waals surface area contributed by atoms with E-state index in [1.807, 2.05) is 4.90 Å². The van der Waals surface area contributed by atoms with E-state index < -0.39 is 10.8 Å². The van der Waals surface area contributed by atoms with Gasteiger partial charge in [-0.05, 0) is 36.5 Å². The molecule has 0 aliphatic carbocycles. The van der Waals surface area contributed by atoms with Gasteiger partial charge in [-0.25, -0.2) is 0 Å². The zero-order valence-corrected chi connectivity index (χ0v) is 17.3. The normalized spacial score (nSPS) is 13.7. The predicted molar refractivity (Wildman–Crippen MR) is 116 cm³/mol. The Morgan fingerprint density at radius 2 is 1.93 bits per heavy atom. The Morgan fingerprint density at radius 3 is 2.62 bits per heavy atom. The second-order valence-electron chi connectivity index (χ2n) is 6.07. The van der Waals surface area contributed by atoms with Gasteiger partial charge in [0.25, 0.3) is 11.6 Å². The highest BCUT2D eigenvalue weighted by atomic mass is 35.5. The molecule has 0 saturated carbocycles. The molecular weight excluding hydrogens is 439 g/mol. The summed E-state index contributed by atoms with van der Waals surface area (Å²) in [5.74, 6) is -0.547. The topological polar surface area (TPSA) is 96.7 Å². The molecule has 1 aliphatic rings. The fourth-order valence-electron chi connectivity index (χ4n) is 2.83. The van der Waals surface area contributed by atoms with Crippen LogP contribution in [0.15, 0.2) is 36.4 Å². The van der Waals surface area contributed by atoms with Crippen LogP contribution in [0.4, 0.5) is 17.1 Å². The maximum atomic E-state index is 12.3. The van der Waals surface area contributed by atoms with Crippen LogP contribution in [0.2, 0.25) is 10.0 Å². The molecule has 11 heteroatoms. The molecule has 1 aliphatic heterocycles. The molecule has 0 bridgehead atoms. The van der Waals surface area contributed by atoms with Crippen molar-refractivity contribution in [2.45, 2.75) is 0 Å². The third kappa shape index (κ3) is 5.13. The van der Waals surface area contributed by atoms with Crippen molar-refractivity contribution in [3.63, 3.8) is 0 Å². The van der Waals surface area contributed by atoms with E-state index in [9.17, 15) is 14.9 Å². The van der Waals surface area contributed by atoms with Gasteiger partial charge < -0.3 is 15.0 Å². The number of hydrogen-bond acceptors (Lipinski definition) is 6. The van der Waals surface area contributed by atoms with E-state index in [1.165, 1.54) is 12.1 Å². The molecule has 8 nitrogen and oxygen atoms in total. The van der Waals surface area contributed by atoms with Gasteiger partial charge in [-0.3, -0.25) is 20.2 Å². The molecule has 0 aromatic heterocycles. The summed E-state index contributed by atoms with van der Waals surface area (Å²) in [6.07, 6.45) is 0. The highest BCUT2D eigenvalue weighted by molar-refractivity contribution is 7.80. The number of nitro benzene ring substituents is 1. The maximum Gasteiger partial charge on any atom is 0.294 e. The highest BCUT2D eigenvalue weighted by Gasteiger charge is 2.22. The number of anilines is 2. The molecule has 2 N–H and O–H groups in total. The quantitative estimate of drug-likeness (QED) is 0.411. The van der Waals surface area contributed by atoms with Gasteiger partial charge in [0.05, 0.1) is 33.7 Å². The van der Waals surface area contributed by atoms with E-state index in [2.05, 4.69) is 10.6 Å². The first-order chi connectivity index (χ1) is 13.9. The number of carbonyl (C=O) groups is 1. The molecule has 1 heterocycles. The van der Waals surface area contributed by atoms with E-state index in [0.717, 1.165) is 0 Å². The minimum Gasteiger partial charge on any atom is -0.378 e. The van der Waals surface area contributed by atoms with Crippen LogP contribution in [-0.4, -0.2) is 42.2 Å². The van der Waals surface area contributed by atoms with Crippen LogP contribution < -0.4 is 15.5 Å². The molecule has 152 valence electrons. The number of nitrogens with one attached hydrogen (secondary N) is 2. The van der Waals surface area contributed by atoms with Gasteiger partial charge in [-0.15, -0.1) is 0 Å². The minimum absolute atomic E-state index is 0.0283. The van der Waals surface area contributed by atoms with Crippen LogP contribution in [-0.2, 0) is 4.74 Å². The number of rotatable bonds is 4. The van der Waals surface area contributed by atoms with E-state index in [1.54, 1.807) is 24.3 Å². The number of benzene rings is 2. The van der Waals surface area contributed by atoms with Crippen molar-refractivity contribution in [1.82, 2.24) is 5.32 Å². The van der Waals surface area contributed by atoms with Crippen molar-refractivity contribution in [2.24, 2.45) is 0 Å². The van der Waals surface area contributed by atoms with Gasteiger partial charge in [0.1, 0.15) is 5.69 Å². The van der Waals surface area contributed by atoms with Crippen LogP contribution in [0.5, 0.6) is 0 Å². The SMILES string of the molecule is O=C(NC(=S)Nc1ccc(N2CCOCC2)c([N+](=O)[O-])c1)c1cccc(Cl)c1Cl. The van der Waals surface area contributed by atoms with Crippen LogP contribution in [0.1, 0.15) is 10.4 Å². The number of ether oxygens (including phenoxy) is 1. The largest absolute Gasteiger partial charge is 0.378 e. The molecule has 2 aromatic carbocycles. The Bertz CT molecular complexity index is 967. The average Bonchev–Trinajstić information content (AvgIpc) is 2.70. The van der Waals surface area contributed by atoms with Crippen molar-refractivity contribution < 1.29 is 14.5 Å². The third-order valence-corrected chi connectivity index (χ3v) is 5.23. The Labute approximate surface area is 181 Å². The molecule has 1 amide bonds. The summed E-state index contributed by atoms with van der Waals surface area (Å²) in [4.78, 5) is 25.3. The maximum absolute atomic E-state index is 12.3. The first-order valence-electron chi connectivity index (χ1n) is 8.54. The number of hydrogen-bond donors (Lipinski definition) is 2. The Morgan fingerprint density at radius 1 is 1.21 bits per heavy atom. The zero-order valence-electron chi connectivity index (χ0n) is 15.0. The lowest BCUT2D eigenvalue weighted by atomic mass is 10.2. The number of nitrogens with zero attached hydrogens (tertiary/aromatic N) is 2. The van der Waals surface area contributed by atoms with E-state index in [-0.39, 0.29) is 26.4 Å². The third-order valence-electron chi connectivity index (χ3n) is 4.21. The molecule has 0 unspecified atom stereocenters. The molecular formula is C18H16Cl2N4O4S. The van der Waals surface area contributed by atoms with E-state index >= 15 is 0 Å². The number of morpholine rings is 1. The number of amides is 1. The average molecular weight is 455 g/mol. The monoisotopic (exact) mass is 454 g/mol. The van der Waals surface area contributed by atoms with Gasteiger partial charge >= 0.3 is 0 Å². The molecule has 0 radical (unpaired) electrons. The molecule has 3 rings (SSSR count). The second-order valence-corrected chi connectivity index (χ2v) is 7.26.